The molecule has 2 aliphatic heterocycles. The SMILES string of the molecule is CCC[NH+]1CCC([NH+]2CCN(c3ccccc3F)CC2)CC1. The van der Waals surface area contributed by atoms with Crippen molar-refractivity contribution in [3.63, 3.8) is 0 Å². The monoisotopic (exact) mass is 307 g/mol. The lowest BCUT2D eigenvalue weighted by Crippen LogP contribution is -3.22. The summed E-state index contributed by atoms with van der Waals surface area (Å²) in [5.41, 5.74) is 0.781. The van der Waals surface area contributed by atoms with E-state index in [2.05, 4.69) is 11.8 Å². The number of hydrogen-bond donors (Lipinski definition) is 2. The molecule has 3 nitrogen and oxygen atoms in total. The average Bonchev–Trinajstić information content (AvgIpc) is 2.57. The maximum Gasteiger partial charge on any atom is 0.146 e. The molecule has 2 N–H and O–H groups in total. The molecule has 0 amide bonds. The summed E-state index contributed by atoms with van der Waals surface area (Å²) in [7, 11) is 0. The van der Waals surface area contributed by atoms with E-state index in [9.17, 15) is 4.39 Å². The van der Waals surface area contributed by atoms with Crippen molar-refractivity contribution < 1.29 is 14.2 Å². The van der Waals surface area contributed by atoms with Gasteiger partial charge in [-0.3, -0.25) is 0 Å². The Kier molecular flexibility index (Phi) is 5.32. The van der Waals surface area contributed by atoms with Gasteiger partial charge in [-0.25, -0.2) is 4.39 Å². The van der Waals surface area contributed by atoms with Crippen LogP contribution in [0.2, 0.25) is 0 Å². The number of piperidine rings is 1. The third-order valence-corrected chi connectivity index (χ3v) is 5.47. The van der Waals surface area contributed by atoms with Crippen molar-refractivity contribution in [1.29, 1.82) is 0 Å². The number of anilines is 1. The van der Waals surface area contributed by atoms with Gasteiger partial charge in [0, 0.05) is 12.8 Å². The summed E-state index contributed by atoms with van der Waals surface area (Å²) in [4.78, 5) is 5.77. The highest BCUT2D eigenvalue weighted by atomic mass is 19.1. The summed E-state index contributed by atoms with van der Waals surface area (Å²) in [5.74, 6) is -0.0811. The van der Waals surface area contributed by atoms with E-state index in [1.54, 1.807) is 21.9 Å². The van der Waals surface area contributed by atoms with Crippen LogP contribution in [0.1, 0.15) is 26.2 Å². The van der Waals surface area contributed by atoms with Gasteiger partial charge >= 0.3 is 0 Å². The summed E-state index contributed by atoms with van der Waals surface area (Å²) in [5, 5.41) is 0. The van der Waals surface area contributed by atoms with Crippen LogP contribution >= 0.6 is 0 Å². The Balaban J connectivity index is 1.49. The lowest BCUT2D eigenvalue weighted by molar-refractivity contribution is -0.958. The van der Waals surface area contributed by atoms with Crippen molar-refractivity contribution in [2.45, 2.75) is 32.2 Å². The number of benzene rings is 1. The quantitative estimate of drug-likeness (QED) is 0.797. The van der Waals surface area contributed by atoms with E-state index in [4.69, 9.17) is 0 Å². The van der Waals surface area contributed by atoms with Gasteiger partial charge in [-0.1, -0.05) is 19.1 Å². The molecule has 122 valence electrons. The minimum atomic E-state index is -0.0811. The predicted molar refractivity (Wildman–Crippen MR) is 88.2 cm³/mol. The number of likely N-dealkylation sites (tertiary alicyclic amines) is 1. The minimum Gasteiger partial charge on any atom is -0.358 e. The second-order valence-electron chi connectivity index (χ2n) is 6.87. The number of piperazine rings is 1. The first-order valence-corrected chi connectivity index (χ1v) is 8.95. The number of rotatable bonds is 4. The van der Waals surface area contributed by atoms with Crippen LogP contribution in [0.4, 0.5) is 10.1 Å². The highest BCUT2D eigenvalue weighted by Crippen LogP contribution is 2.18. The van der Waals surface area contributed by atoms with Gasteiger partial charge in [0.25, 0.3) is 0 Å². The Morgan fingerprint density at radius 3 is 2.41 bits per heavy atom. The van der Waals surface area contributed by atoms with Crippen molar-refractivity contribution in [2.75, 3.05) is 50.7 Å². The van der Waals surface area contributed by atoms with Crippen LogP contribution in [0, 0.1) is 5.82 Å². The largest absolute Gasteiger partial charge is 0.358 e. The summed E-state index contributed by atoms with van der Waals surface area (Å²) in [6.45, 7) is 10.6. The van der Waals surface area contributed by atoms with Gasteiger partial charge in [0.15, 0.2) is 0 Å². The fraction of sp³-hybridized carbons (Fsp3) is 0.667. The summed E-state index contributed by atoms with van der Waals surface area (Å²) < 4.78 is 13.9. The number of nitrogens with zero attached hydrogens (tertiary/aromatic N) is 1. The molecule has 3 rings (SSSR count). The first-order valence-electron chi connectivity index (χ1n) is 8.95. The Bertz CT molecular complexity index is 463. The summed E-state index contributed by atoms with van der Waals surface area (Å²) in [6.07, 6.45) is 4.03. The fourth-order valence-electron chi connectivity index (χ4n) is 4.19. The summed E-state index contributed by atoms with van der Waals surface area (Å²) >= 11 is 0. The molecule has 1 aromatic rings. The number of para-hydroxylation sites is 1. The molecule has 0 bridgehead atoms. The van der Waals surface area contributed by atoms with Gasteiger partial charge < -0.3 is 14.7 Å². The zero-order chi connectivity index (χ0) is 15.4. The van der Waals surface area contributed by atoms with E-state index in [1.165, 1.54) is 38.9 Å². The molecule has 4 heteroatoms. The Morgan fingerprint density at radius 2 is 1.77 bits per heavy atom. The van der Waals surface area contributed by atoms with E-state index < -0.39 is 0 Å². The van der Waals surface area contributed by atoms with E-state index in [-0.39, 0.29) is 5.82 Å². The minimum absolute atomic E-state index is 0.0811. The number of nitrogens with one attached hydrogen (secondary N) is 2. The van der Waals surface area contributed by atoms with Gasteiger partial charge in [0.2, 0.25) is 0 Å². The number of hydrogen-bond acceptors (Lipinski definition) is 1. The van der Waals surface area contributed by atoms with Gasteiger partial charge in [-0.05, 0) is 18.6 Å². The molecule has 0 spiro atoms. The van der Waals surface area contributed by atoms with Crippen LogP contribution in [0.15, 0.2) is 24.3 Å². The molecule has 0 radical (unpaired) electrons. The van der Waals surface area contributed by atoms with E-state index >= 15 is 0 Å². The van der Waals surface area contributed by atoms with E-state index in [1.807, 2.05) is 12.1 Å². The number of halogens is 1. The normalized spacial score (nSPS) is 27.1. The lowest BCUT2D eigenvalue weighted by Gasteiger charge is -2.39. The predicted octanol–water partition coefficient (Wildman–Crippen LogP) is -0.0121. The molecule has 22 heavy (non-hydrogen) atoms. The molecule has 1 aromatic carbocycles. The maximum absolute atomic E-state index is 13.9. The number of quaternary nitrogens is 2. The Hall–Kier alpha value is -1.13. The molecule has 2 aliphatic rings. The molecule has 2 saturated heterocycles. The molecule has 0 atom stereocenters. The zero-order valence-corrected chi connectivity index (χ0v) is 13.8. The van der Waals surface area contributed by atoms with Crippen molar-refractivity contribution in [2.24, 2.45) is 0 Å². The van der Waals surface area contributed by atoms with Gasteiger partial charge in [-0.2, -0.15) is 0 Å². The second kappa shape index (κ2) is 7.42. The van der Waals surface area contributed by atoms with Crippen LogP contribution in [-0.4, -0.2) is 51.9 Å². The fourth-order valence-corrected chi connectivity index (χ4v) is 4.19. The van der Waals surface area contributed by atoms with Crippen LogP contribution in [0.3, 0.4) is 0 Å². The molecule has 0 saturated carbocycles. The van der Waals surface area contributed by atoms with Crippen LogP contribution in [0.5, 0.6) is 0 Å². The first kappa shape index (κ1) is 15.8. The second-order valence-corrected chi connectivity index (χ2v) is 6.87. The van der Waals surface area contributed by atoms with Crippen molar-refractivity contribution in [3.05, 3.63) is 30.1 Å². The average molecular weight is 307 g/mol. The summed E-state index contributed by atoms with van der Waals surface area (Å²) in [6, 6.07) is 8.02. The van der Waals surface area contributed by atoms with Gasteiger partial charge in [0.05, 0.1) is 57.5 Å². The van der Waals surface area contributed by atoms with Crippen molar-refractivity contribution >= 4 is 5.69 Å². The molecule has 2 fully saturated rings. The smallest absolute Gasteiger partial charge is 0.146 e. The van der Waals surface area contributed by atoms with Gasteiger partial charge in [-0.15, -0.1) is 0 Å². The standard InChI is InChI=1S/C18H28FN3/c1-2-9-20-10-7-16(8-11-20)21-12-14-22(15-13-21)18-6-4-3-5-17(18)19/h3-6,16H,2,7-15H2,1H3/p+2. The maximum atomic E-state index is 13.9. The molecule has 0 aliphatic carbocycles. The molecule has 0 unspecified atom stereocenters. The third kappa shape index (κ3) is 3.61. The molecular formula is C18H30FN3+2. The highest BCUT2D eigenvalue weighted by molar-refractivity contribution is 5.47. The third-order valence-electron chi connectivity index (χ3n) is 5.47. The van der Waals surface area contributed by atoms with Crippen LogP contribution in [0.25, 0.3) is 0 Å². The van der Waals surface area contributed by atoms with Crippen LogP contribution < -0.4 is 14.7 Å². The molecular weight excluding hydrogens is 277 g/mol. The van der Waals surface area contributed by atoms with E-state index in [0.29, 0.717) is 0 Å². The van der Waals surface area contributed by atoms with Crippen molar-refractivity contribution in [3.8, 4) is 0 Å². The molecule has 2 heterocycles. The zero-order valence-electron chi connectivity index (χ0n) is 13.8. The lowest BCUT2D eigenvalue weighted by atomic mass is 10.0. The van der Waals surface area contributed by atoms with E-state index in [0.717, 1.165) is 37.9 Å². The topological polar surface area (TPSA) is 12.1 Å². The van der Waals surface area contributed by atoms with Gasteiger partial charge in [0.1, 0.15) is 5.82 Å². The Morgan fingerprint density at radius 1 is 1.09 bits per heavy atom. The Labute approximate surface area is 133 Å². The first-order chi connectivity index (χ1) is 10.8. The molecule has 0 aromatic heterocycles. The van der Waals surface area contributed by atoms with Crippen LogP contribution in [-0.2, 0) is 0 Å². The highest BCUT2D eigenvalue weighted by Gasteiger charge is 2.32. The van der Waals surface area contributed by atoms with Crippen molar-refractivity contribution in [1.82, 2.24) is 0 Å².